The monoisotopic (exact) mass is 388 g/mol. The van der Waals surface area contributed by atoms with E-state index >= 15 is 0 Å². The van der Waals surface area contributed by atoms with Crippen molar-refractivity contribution in [2.75, 3.05) is 13.1 Å². The number of nitrogens with zero attached hydrogens (tertiary/aromatic N) is 2. The van der Waals surface area contributed by atoms with Gasteiger partial charge in [-0.15, -0.1) is 0 Å². The van der Waals surface area contributed by atoms with Crippen molar-refractivity contribution in [3.8, 4) is 0 Å². The van der Waals surface area contributed by atoms with E-state index in [9.17, 15) is 13.2 Å². The summed E-state index contributed by atoms with van der Waals surface area (Å²) in [6.07, 6.45) is 2.58. The van der Waals surface area contributed by atoms with E-state index in [0.29, 0.717) is 36.5 Å². The first-order valence-corrected chi connectivity index (χ1v) is 10.5. The summed E-state index contributed by atoms with van der Waals surface area (Å²) in [5, 5.41) is 0. The Hall–Kier alpha value is -2.25. The predicted molar refractivity (Wildman–Crippen MR) is 101 cm³/mol. The van der Waals surface area contributed by atoms with Crippen LogP contribution in [0.5, 0.6) is 0 Å². The van der Waals surface area contributed by atoms with Crippen LogP contribution in [0.3, 0.4) is 0 Å². The lowest BCUT2D eigenvalue weighted by Crippen LogP contribution is -2.40. The topological polar surface area (TPSA) is 76.6 Å². The fourth-order valence-electron chi connectivity index (χ4n) is 3.10. The van der Waals surface area contributed by atoms with Gasteiger partial charge < -0.3 is 4.74 Å². The number of carbonyl (C=O) groups excluding carboxylic acids is 1. The molecule has 1 aliphatic rings. The summed E-state index contributed by atoms with van der Waals surface area (Å²) < 4.78 is 32.5. The molecular weight excluding hydrogens is 364 g/mol. The first-order valence-electron chi connectivity index (χ1n) is 9.02. The molecule has 27 heavy (non-hydrogen) atoms. The molecule has 0 atom stereocenters. The highest BCUT2D eigenvalue weighted by molar-refractivity contribution is 7.89. The second-order valence-electron chi connectivity index (χ2n) is 6.85. The zero-order valence-corrected chi connectivity index (χ0v) is 16.4. The number of pyridine rings is 1. The number of aromatic nitrogens is 1. The molecular formula is C20H24N2O4S. The molecule has 2 heterocycles. The van der Waals surface area contributed by atoms with Gasteiger partial charge >= 0.3 is 5.97 Å². The highest BCUT2D eigenvalue weighted by Crippen LogP contribution is 2.26. The van der Waals surface area contributed by atoms with E-state index < -0.39 is 10.0 Å². The SMILES string of the molecule is Cc1ccc(S(=O)(=O)N2CCC(C(=O)OCc3ccccn3)CC2)cc1C. The Morgan fingerprint density at radius 2 is 1.89 bits per heavy atom. The molecule has 0 radical (unpaired) electrons. The van der Waals surface area contributed by atoms with Gasteiger partial charge in [-0.2, -0.15) is 4.31 Å². The zero-order valence-electron chi connectivity index (χ0n) is 15.6. The van der Waals surface area contributed by atoms with Crippen LogP contribution in [-0.2, 0) is 26.2 Å². The van der Waals surface area contributed by atoms with Crippen LogP contribution < -0.4 is 0 Å². The third-order valence-corrected chi connectivity index (χ3v) is 6.89. The molecule has 1 saturated heterocycles. The highest BCUT2D eigenvalue weighted by Gasteiger charge is 2.32. The van der Waals surface area contributed by atoms with Crippen LogP contribution in [0.1, 0.15) is 29.7 Å². The van der Waals surface area contributed by atoms with Crippen molar-refractivity contribution in [1.82, 2.24) is 9.29 Å². The number of carbonyl (C=O) groups is 1. The molecule has 0 bridgehead atoms. The van der Waals surface area contributed by atoms with Crippen molar-refractivity contribution in [1.29, 1.82) is 0 Å². The molecule has 1 aliphatic heterocycles. The zero-order chi connectivity index (χ0) is 19.4. The second-order valence-corrected chi connectivity index (χ2v) is 8.79. The fourth-order valence-corrected chi connectivity index (χ4v) is 4.66. The summed E-state index contributed by atoms with van der Waals surface area (Å²) in [7, 11) is -3.53. The van der Waals surface area contributed by atoms with Crippen LogP contribution in [0.4, 0.5) is 0 Å². The Balaban J connectivity index is 1.57. The number of esters is 1. The van der Waals surface area contributed by atoms with Crippen LogP contribution in [-0.4, -0.2) is 36.8 Å². The van der Waals surface area contributed by atoms with Crippen molar-refractivity contribution in [2.45, 2.75) is 38.2 Å². The van der Waals surface area contributed by atoms with Gasteiger partial charge in [0, 0.05) is 19.3 Å². The van der Waals surface area contributed by atoms with Crippen molar-refractivity contribution in [2.24, 2.45) is 5.92 Å². The van der Waals surface area contributed by atoms with E-state index in [1.165, 1.54) is 4.31 Å². The number of rotatable bonds is 5. The number of benzene rings is 1. The van der Waals surface area contributed by atoms with Gasteiger partial charge in [-0.05, 0) is 62.1 Å². The lowest BCUT2D eigenvalue weighted by atomic mass is 9.98. The molecule has 1 aromatic carbocycles. The smallest absolute Gasteiger partial charge is 0.309 e. The molecule has 3 rings (SSSR count). The van der Waals surface area contributed by atoms with Crippen LogP contribution in [0.15, 0.2) is 47.5 Å². The Morgan fingerprint density at radius 1 is 1.15 bits per heavy atom. The van der Waals surface area contributed by atoms with Gasteiger partial charge in [0.15, 0.2) is 0 Å². The van der Waals surface area contributed by atoms with E-state index in [1.54, 1.807) is 30.5 Å². The number of ether oxygens (including phenoxy) is 1. The quantitative estimate of drug-likeness (QED) is 0.736. The van der Waals surface area contributed by atoms with Crippen LogP contribution in [0.25, 0.3) is 0 Å². The largest absolute Gasteiger partial charge is 0.459 e. The van der Waals surface area contributed by atoms with Gasteiger partial charge in [-0.3, -0.25) is 9.78 Å². The molecule has 0 N–H and O–H groups in total. The number of hydrogen-bond acceptors (Lipinski definition) is 5. The maximum atomic E-state index is 12.8. The minimum Gasteiger partial charge on any atom is -0.459 e. The third-order valence-electron chi connectivity index (χ3n) is 4.99. The van der Waals surface area contributed by atoms with Crippen molar-refractivity contribution in [3.05, 3.63) is 59.4 Å². The molecule has 0 amide bonds. The Labute approximate surface area is 160 Å². The maximum Gasteiger partial charge on any atom is 0.309 e. The van der Waals surface area contributed by atoms with Gasteiger partial charge in [0.1, 0.15) is 6.61 Å². The predicted octanol–water partition coefficient (Wildman–Crippen LogP) is 2.84. The standard InChI is InChI=1S/C20H24N2O4S/c1-15-6-7-19(13-16(15)2)27(24,25)22-11-8-17(9-12-22)20(23)26-14-18-5-3-4-10-21-18/h3-7,10,13,17H,8-9,11-12,14H2,1-2H3. The maximum absolute atomic E-state index is 12.8. The number of aryl methyl sites for hydroxylation is 2. The summed E-state index contributed by atoms with van der Waals surface area (Å²) >= 11 is 0. The number of sulfonamides is 1. The summed E-state index contributed by atoms with van der Waals surface area (Å²) in [6.45, 7) is 4.63. The molecule has 2 aromatic rings. The van der Waals surface area contributed by atoms with E-state index in [-0.39, 0.29) is 18.5 Å². The lowest BCUT2D eigenvalue weighted by molar-refractivity contribution is -0.151. The van der Waals surface area contributed by atoms with Gasteiger partial charge in [-0.1, -0.05) is 12.1 Å². The minimum absolute atomic E-state index is 0.140. The normalized spacial score (nSPS) is 16.2. The third kappa shape index (κ3) is 4.54. The summed E-state index contributed by atoms with van der Waals surface area (Å²) in [5.74, 6) is -0.566. The molecule has 1 fully saturated rings. The first kappa shape index (κ1) is 19.5. The first-order chi connectivity index (χ1) is 12.9. The minimum atomic E-state index is -3.53. The van der Waals surface area contributed by atoms with E-state index in [1.807, 2.05) is 26.0 Å². The van der Waals surface area contributed by atoms with Gasteiger partial charge in [0.25, 0.3) is 0 Å². The van der Waals surface area contributed by atoms with Gasteiger partial charge in [-0.25, -0.2) is 8.42 Å². The fraction of sp³-hybridized carbons (Fsp3) is 0.400. The van der Waals surface area contributed by atoms with Crippen molar-refractivity contribution < 1.29 is 17.9 Å². The van der Waals surface area contributed by atoms with Crippen LogP contribution in [0, 0.1) is 19.8 Å². The molecule has 1 aromatic heterocycles. The van der Waals surface area contributed by atoms with E-state index in [2.05, 4.69) is 4.98 Å². The van der Waals surface area contributed by atoms with E-state index in [4.69, 9.17) is 4.74 Å². The summed E-state index contributed by atoms with van der Waals surface area (Å²) in [4.78, 5) is 16.7. The van der Waals surface area contributed by atoms with Crippen LogP contribution >= 0.6 is 0 Å². The summed E-state index contributed by atoms with van der Waals surface area (Å²) in [6, 6.07) is 10.6. The lowest BCUT2D eigenvalue weighted by Gasteiger charge is -2.30. The Bertz CT molecular complexity index is 905. The average Bonchev–Trinajstić information content (AvgIpc) is 2.69. The Morgan fingerprint density at radius 3 is 2.52 bits per heavy atom. The molecule has 144 valence electrons. The van der Waals surface area contributed by atoms with Gasteiger partial charge in [0.05, 0.1) is 16.5 Å². The number of piperidine rings is 1. The van der Waals surface area contributed by atoms with E-state index in [0.717, 1.165) is 11.1 Å². The van der Waals surface area contributed by atoms with Gasteiger partial charge in [0.2, 0.25) is 10.0 Å². The molecule has 0 saturated carbocycles. The van der Waals surface area contributed by atoms with Crippen LogP contribution in [0.2, 0.25) is 0 Å². The van der Waals surface area contributed by atoms with Crippen molar-refractivity contribution in [3.63, 3.8) is 0 Å². The molecule has 7 heteroatoms. The Kier molecular flexibility index (Phi) is 5.92. The average molecular weight is 388 g/mol. The highest BCUT2D eigenvalue weighted by atomic mass is 32.2. The second kappa shape index (κ2) is 8.19. The molecule has 0 aliphatic carbocycles. The number of hydrogen-bond donors (Lipinski definition) is 0. The molecule has 0 unspecified atom stereocenters. The molecule has 0 spiro atoms. The van der Waals surface area contributed by atoms with Crippen molar-refractivity contribution >= 4 is 16.0 Å². The molecule has 6 nitrogen and oxygen atoms in total. The summed E-state index contributed by atoms with van der Waals surface area (Å²) in [5.41, 5.74) is 2.70.